The number of fused-ring (bicyclic) bond motifs is 1. The summed E-state index contributed by atoms with van der Waals surface area (Å²) >= 11 is 0. The van der Waals surface area contributed by atoms with Gasteiger partial charge in [-0.1, -0.05) is 12.8 Å². The molecule has 6 heteroatoms. The molecule has 0 bridgehead atoms. The maximum atomic E-state index is 12.9. The molecule has 4 aliphatic rings. The van der Waals surface area contributed by atoms with Gasteiger partial charge in [-0.3, -0.25) is 19.4 Å². The molecule has 2 atom stereocenters. The van der Waals surface area contributed by atoms with E-state index in [2.05, 4.69) is 20.0 Å². The number of hydrogen-bond donors (Lipinski definition) is 1. The summed E-state index contributed by atoms with van der Waals surface area (Å²) in [7, 11) is 0. The number of likely N-dealkylation sites (tertiary alicyclic amines) is 1. The highest BCUT2D eigenvalue weighted by Gasteiger charge is 2.36. The molecule has 0 aromatic heterocycles. The third-order valence-electron chi connectivity index (χ3n) is 6.70. The molecule has 4 rings (SSSR count). The van der Waals surface area contributed by atoms with Crippen LogP contribution in [-0.2, 0) is 9.59 Å². The molecule has 2 saturated heterocycles. The van der Waals surface area contributed by atoms with Crippen molar-refractivity contribution in [2.45, 2.75) is 63.5 Å². The van der Waals surface area contributed by atoms with E-state index in [0.29, 0.717) is 31.1 Å². The lowest BCUT2D eigenvalue weighted by molar-refractivity contribution is -0.139. The van der Waals surface area contributed by atoms with E-state index in [0.717, 1.165) is 51.5 Å². The minimum Gasteiger partial charge on any atom is -0.352 e. The zero-order valence-corrected chi connectivity index (χ0v) is 16.0. The number of rotatable bonds is 5. The lowest BCUT2D eigenvalue weighted by Gasteiger charge is -2.45. The Hall–Kier alpha value is -1.14. The van der Waals surface area contributed by atoms with Gasteiger partial charge < -0.3 is 10.2 Å². The number of piperazine rings is 1. The van der Waals surface area contributed by atoms with Crippen molar-refractivity contribution < 1.29 is 9.59 Å². The van der Waals surface area contributed by atoms with E-state index in [1.165, 1.54) is 38.5 Å². The van der Waals surface area contributed by atoms with Gasteiger partial charge in [0.15, 0.2) is 0 Å². The average Bonchev–Trinajstić information content (AvgIpc) is 3.46. The van der Waals surface area contributed by atoms with Crippen molar-refractivity contribution >= 4 is 11.8 Å². The largest absolute Gasteiger partial charge is 0.352 e. The Kier molecular flexibility index (Phi) is 5.79. The Morgan fingerprint density at radius 2 is 1.42 bits per heavy atom. The van der Waals surface area contributed by atoms with Gasteiger partial charge in [0, 0.05) is 44.8 Å². The van der Waals surface area contributed by atoms with Crippen molar-refractivity contribution in [1.82, 2.24) is 20.0 Å². The van der Waals surface area contributed by atoms with Gasteiger partial charge >= 0.3 is 0 Å². The molecule has 6 nitrogen and oxygen atoms in total. The first kappa shape index (κ1) is 18.2. The van der Waals surface area contributed by atoms with Crippen LogP contribution >= 0.6 is 0 Å². The van der Waals surface area contributed by atoms with Crippen molar-refractivity contribution in [3.63, 3.8) is 0 Å². The average molecular weight is 363 g/mol. The Morgan fingerprint density at radius 3 is 2.15 bits per heavy atom. The van der Waals surface area contributed by atoms with Crippen LogP contribution in [0.3, 0.4) is 0 Å². The zero-order chi connectivity index (χ0) is 17.9. The van der Waals surface area contributed by atoms with Gasteiger partial charge in [-0.2, -0.15) is 0 Å². The molecule has 0 aromatic rings. The topological polar surface area (TPSA) is 55.9 Å². The van der Waals surface area contributed by atoms with E-state index in [4.69, 9.17) is 0 Å². The molecule has 2 heterocycles. The predicted molar refractivity (Wildman–Crippen MR) is 101 cm³/mol. The maximum Gasteiger partial charge on any atom is 0.237 e. The number of carbonyl (C=O) groups is 2. The molecule has 1 N–H and O–H groups in total. The molecule has 2 amide bonds. The molecule has 0 radical (unpaired) electrons. The van der Waals surface area contributed by atoms with Crippen LogP contribution in [0.2, 0.25) is 0 Å². The summed E-state index contributed by atoms with van der Waals surface area (Å²) in [6.07, 6.45) is 9.93. The third kappa shape index (κ3) is 4.58. The van der Waals surface area contributed by atoms with Gasteiger partial charge in [-0.25, -0.2) is 0 Å². The second-order valence-electron chi connectivity index (χ2n) is 8.74. The van der Waals surface area contributed by atoms with E-state index in [1.807, 2.05) is 0 Å². The van der Waals surface area contributed by atoms with Gasteiger partial charge in [0.05, 0.1) is 13.1 Å². The minimum absolute atomic E-state index is 0.161. The quantitative estimate of drug-likeness (QED) is 0.795. The Bertz CT molecular complexity index is 512. The molecular formula is C20H34N4O2. The molecule has 2 aliphatic carbocycles. The fourth-order valence-corrected chi connectivity index (χ4v) is 5.03. The van der Waals surface area contributed by atoms with Gasteiger partial charge in [0.2, 0.25) is 11.8 Å². The Labute approximate surface area is 157 Å². The number of amides is 2. The smallest absolute Gasteiger partial charge is 0.237 e. The second kappa shape index (κ2) is 8.26. The predicted octanol–water partition coefficient (Wildman–Crippen LogP) is 1.06. The van der Waals surface area contributed by atoms with Gasteiger partial charge in [0.1, 0.15) is 0 Å². The number of carbonyl (C=O) groups excluding carboxylic acids is 2. The van der Waals surface area contributed by atoms with Crippen molar-refractivity contribution in [2.24, 2.45) is 5.92 Å². The van der Waals surface area contributed by atoms with E-state index >= 15 is 0 Å². The molecule has 2 saturated carbocycles. The highest BCUT2D eigenvalue weighted by atomic mass is 16.2. The van der Waals surface area contributed by atoms with Gasteiger partial charge in [-0.15, -0.1) is 0 Å². The number of nitrogens with one attached hydrogen (secondary N) is 1. The maximum absolute atomic E-state index is 12.9. The van der Waals surface area contributed by atoms with Crippen LogP contribution in [-0.4, -0.2) is 84.4 Å². The van der Waals surface area contributed by atoms with Crippen molar-refractivity contribution in [3.8, 4) is 0 Å². The minimum atomic E-state index is 0.161. The molecule has 2 aliphatic heterocycles. The molecule has 146 valence electrons. The van der Waals surface area contributed by atoms with Gasteiger partial charge in [0.25, 0.3) is 0 Å². The summed E-state index contributed by atoms with van der Waals surface area (Å²) in [5, 5.41) is 3.06. The Morgan fingerprint density at radius 1 is 0.769 bits per heavy atom. The summed E-state index contributed by atoms with van der Waals surface area (Å²) in [5.74, 6) is 1.25. The lowest BCUT2D eigenvalue weighted by atomic mass is 9.78. The first-order valence-electron chi connectivity index (χ1n) is 10.7. The summed E-state index contributed by atoms with van der Waals surface area (Å²) in [6.45, 7) is 5.59. The summed E-state index contributed by atoms with van der Waals surface area (Å²) in [5.41, 5.74) is 0. The molecular weight excluding hydrogens is 328 g/mol. The van der Waals surface area contributed by atoms with Gasteiger partial charge in [-0.05, 0) is 44.4 Å². The highest BCUT2D eigenvalue weighted by molar-refractivity contribution is 5.79. The summed E-state index contributed by atoms with van der Waals surface area (Å²) in [4.78, 5) is 31.6. The van der Waals surface area contributed by atoms with E-state index in [-0.39, 0.29) is 5.91 Å². The Balaban J connectivity index is 1.21. The molecule has 0 spiro atoms. The van der Waals surface area contributed by atoms with Crippen LogP contribution in [0.25, 0.3) is 0 Å². The molecule has 26 heavy (non-hydrogen) atoms. The summed E-state index contributed by atoms with van der Waals surface area (Å²) in [6, 6.07) is 0.951. The first-order chi connectivity index (χ1) is 12.7. The monoisotopic (exact) mass is 362 g/mol. The standard InChI is InChI=1S/C20H34N4O2/c25-19(21-17-7-8-17)14-22-10-12-23(13-11-22)15-20(26)24-9-3-5-16-4-1-2-6-18(16)24/h16-18H,1-15H2,(H,21,25)/t16-,18-/m1/s1. The normalized spacial score (nSPS) is 30.7. The zero-order valence-electron chi connectivity index (χ0n) is 16.0. The second-order valence-corrected chi connectivity index (χ2v) is 8.74. The van der Waals surface area contributed by atoms with Crippen LogP contribution in [0.4, 0.5) is 0 Å². The molecule has 0 unspecified atom stereocenters. The number of hydrogen-bond acceptors (Lipinski definition) is 4. The van der Waals surface area contributed by atoms with Crippen LogP contribution in [0.15, 0.2) is 0 Å². The SMILES string of the molecule is O=C(CN1CCN(CC(=O)N2CCC[C@H]3CCCC[C@H]32)CC1)NC1CC1. The molecule has 4 fully saturated rings. The number of piperidine rings is 1. The molecule has 0 aromatic carbocycles. The van der Waals surface area contributed by atoms with Crippen molar-refractivity contribution in [3.05, 3.63) is 0 Å². The highest BCUT2D eigenvalue weighted by Crippen LogP contribution is 2.35. The fourth-order valence-electron chi connectivity index (χ4n) is 5.03. The fraction of sp³-hybridized carbons (Fsp3) is 0.900. The van der Waals surface area contributed by atoms with Crippen molar-refractivity contribution in [2.75, 3.05) is 45.8 Å². The summed E-state index contributed by atoms with van der Waals surface area (Å²) < 4.78 is 0. The van der Waals surface area contributed by atoms with E-state index in [9.17, 15) is 9.59 Å². The van der Waals surface area contributed by atoms with E-state index in [1.54, 1.807) is 0 Å². The lowest BCUT2D eigenvalue weighted by Crippen LogP contribution is -2.55. The third-order valence-corrected chi connectivity index (χ3v) is 6.70. The van der Waals surface area contributed by atoms with E-state index < -0.39 is 0 Å². The van der Waals surface area contributed by atoms with Crippen LogP contribution in [0.5, 0.6) is 0 Å². The number of nitrogens with zero attached hydrogens (tertiary/aromatic N) is 3. The van der Waals surface area contributed by atoms with Crippen LogP contribution in [0.1, 0.15) is 51.4 Å². The van der Waals surface area contributed by atoms with Crippen LogP contribution < -0.4 is 5.32 Å². The first-order valence-corrected chi connectivity index (χ1v) is 10.7. The van der Waals surface area contributed by atoms with Crippen molar-refractivity contribution in [1.29, 1.82) is 0 Å². The van der Waals surface area contributed by atoms with Crippen LogP contribution in [0, 0.1) is 5.92 Å².